The van der Waals surface area contributed by atoms with Crippen molar-refractivity contribution in [1.29, 1.82) is 0 Å². The first-order valence-corrected chi connectivity index (χ1v) is 2.86. The minimum absolute atomic E-state index is 0.426. The summed E-state index contributed by atoms with van der Waals surface area (Å²) in [4.78, 5) is 10.4. The Morgan fingerprint density at radius 3 is 2.45 bits per heavy atom. The molecule has 0 heterocycles. The van der Waals surface area contributed by atoms with Crippen molar-refractivity contribution in [3.63, 3.8) is 0 Å². The van der Waals surface area contributed by atoms with Crippen LogP contribution in [0.4, 0.5) is 8.78 Å². The van der Waals surface area contributed by atoms with E-state index in [9.17, 15) is 13.6 Å². The molecule has 0 bridgehead atoms. The number of ketones is 1. The summed E-state index contributed by atoms with van der Waals surface area (Å²) in [5.41, 5.74) is -0.426. The van der Waals surface area contributed by atoms with Crippen LogP contribution in [0.15, 0.2) is 18.2 Å². The number of carbonyl (C=O) groups is 1. The molecule has 11 heavy (non-hydrogen) atoms. The fraction of sp³-hybridized carbons (Fsp3) is 0. The Morgan fingerprint density at radius 1 is 1.36 bits per heavy atom. The Hall–Kier alpha value is -1.25. The largest absolute Gasteiger partial charge is 0.294 e. The zero-order valence-corrected chi connectivity index (χ0v) is 5.47. The first kappa shape index (κ1) is 7.85. The predicted octanol–water partition coefficient (Wildman–Crippen LogP) is 1.86. The summed E-state index contributed by atoms with van der Waals surface area (Å²) in [7, 11) is 0. The van der Waals surface area contributed by atoms with Crippen molar-refractivity contribution in [2.24, 2.45) is 0 Å². The molecular formula is C8H4F2O. The van der Waals surface area contributed by atoms with E-state index in [1.807, 2.05) is 0 Å². The van der Waals surface area contributed by atoms with Gasteiger partial charge in [-0.1, -0.05) is 0 Å². The molecule has 1 nitrogen and oxygen atoms in total. The van der Waals surface area contributed by atoms with Crippen molar-refractivity contribution in [2.45, 2.75) is 0 Å². The quantitative estimate of drug-likeness (QED) is 0.564. The normalized spacial score (nSPS) is 9.73. The summed E-state index contributed by atoms with van der Waals surface area (Å²) >= 11 is 0. The van der Waals surface area contributed by atoms with Gasteiger partial charge < -0.3 is 0 Å². The fourth-order valence-corrected chi connectivity index (χ4v) is 0.686. The molecule has 0 aliphatic carbocycles. The molecule has 3 heteroatoms. The highest BCUT2D eigenvalue weighted by molar-refractivity contribution is 5.99. The summed E-state index contributed by atoms with van der Waals surface area (Å²) in [6.07, 6.45) is 0. The van der Waals surface area contributed by atoms with Crippen molar-refractivity contribution in [3.8, 4) is 0 Å². The zero-order valence-electron chi connectivity index (χ0n) is 5.47. The van der Waals surface area contributed by atoms with Gasteiger partial charge in [0, 0.05) is 6.92 Å². The van der Waals surface area contributed by atoms with E-state index >= 15 is 0 Å². The number of hydrogen-bond acceptors (Lipinski definition) is 1. The third-order valence-corrected chi connectivity index (χ3v) is 1.19. The third kappa shape index (κ3) is 1.61. The molecule has 0 aliphatic heterocycles. The number of rotatable bonds is 1. The predicted molar refractivity (Wildman–Crippen MR) is 35.0 cm³/mol. The standard InChI is InChI=1S/C8H4F2O/c1-5(11)7-4-6(9)2-3-8(7)10/h1-4H. The van der Waals surface area contributed by atoms with Crippen molar-refractivity contribution >= 4 is 5.78 Å². The smallest absolute Gasteiger partial charge is 0.170 e. The van der Waals surface area contributed by atoms with E-state index in [0.717, 1.165) is 18.2 Å². The number of carbonyl (C=O) groups excluding carboxylic acids is 1. The molecule has 2 radical (unpaired) electrons. The number of Topliss-reactive ketones (excluding diaryl/α,β-unsaturated/α-hetero) is 1. The lowest BCUT2D eigenvalue weighted by Crippen LogP contribution is -1.97. The van der Waals surface area contributed by atoms with E-state index in [2.05, 4.69) is 0 Å². The average molecular weight is 154 g/mol. The first-order valence-electron chi connectivity index (χ1n) is 2.86. The van der Waals surface area contributed by atoms with Gasteiger partial charge in [-0.25, -0.2) is 8.78 Å². The lowest BCUT2D eigenvalue weighted by Gasteiger charge is -1.96. The van der Waals surface area contributed by atoms with Crippen molar-refractivity contribution in [1.82, 2.24) is 0 Å². The van der Waals surface area contributed by atoms with Crippen molar-refractivity contribution < 1.29 is 13.6 Å². The van der Waals surface area contributed by atoms with Gasteiger partial charge in [0.05, 0.1) is 5.56 Å². The summed E-state index contributed by atoms with van der Waals surface area (Å²) in [5.74, 6) is -2.46. The molecule has 0 spiro atoms. The second-order valence-electron chi connectivity index (χ2n) is 1.99. The second-order valence-corrected chi connectivity index (χ2v) is 1.99. The first-order chi connectivity index (χ1) is 5.11. The minimum Gasteiger partial charge on any atom is -0.294 e. The molecule has 1 aromatic carbocycles. The molecule has 0 amide bonds. The molecule has 0 aliphatic rings. The van der Waals surface area contributed by atoms with Crippen LogP contribution in [0.5, 0.6) is 0 Å². The minimum atomic E-state index is -0.970. The lowest BCUT2D eigenvalue weighted by molar-refractivity contribution is 0.104. The molecule has 0 unspecified atom stereocenters. The molecular weight excluding hydrogens is 150 g/mol. The molecule has 0 fully saturated rings. The maximum Gasteiger partial charge on any atom is 0.170 e. The van der Waals surface area contributed by atoms with Crippen LogP contribution in [0, 0.1) is 18.6 Å². The van der Waals surface area contributed by atoms with Crippen LogP contribution in [0.1, 0.15) is 10.4 Å². The zero-order chi connectivity index (χ0) is 8.43. The van der Waals surface area contributed by atoms with Gasteiger partial charge in [0.15, 0.2) is 5.78 Å². The molecule has 1 rings (SSSR count). The third-order valence-electron chi connectivity index (χ3n) is 1.19. The maximum absolute atomic E-state index is 12.6. The van der Waals surface area contributed by atoms with Crippen LogP contribution in [0.3, 0.4) is 0 Å². The van der Waals surface area contributed by atoms with Crippen molar-refractivity contribution in [2.75, 3.05) is 0 Å². The second kappa shape index (κ2) is 2.78. The molecule has 0 saturated carbocycles. The lowest BCUT2D eigenvalue weighted by atomic mass is 10.1. The van der Waals surface area contributed by atoms with E-state index in [4.69, 9.17) is 6.92 Å². The van der Waals surface area contributed by atoms with Crippen LogP contribution in [-0.2, 0) is 0 Å². The van der Waals surface area contributed by atoms with Gasteiger partial charge in [-0.3, -0.25) is 4.79 Å². The Morgan fingerprint density at radius 2 is 2.00 bits per heavy atom. The van der Waals surface area contributed by atoms with Crippen LogP contribution >= 0.6 is 0 Å². The summed E-state index contributed by atoms with van der Waals surface area (Å²) in [5, 5.41) is 0. The van der Waals surface area contributed by atoms with E-state index in [-0.39, 0.29) is 0 Å². The van der Waals surface area contributed by atoms with Gasteiger partial charge in [-0.05, 0) is 18.2 Å². The highest BCUT2D eigenvalue weighted by Crippen LogP contribution is 2.09. The highest BCUT2D eigenvalue weighted by atomic mass is 19.1. The van der Waals surface area contributed by atoms with E-state index in [1.54, 1.807) is 0 Å². The van der Waals surface area contributed by atoms with Crippen LogP contribution < -0.4 is 0 Å². The molecule has 0 N–H and O–H groups in total. The Balaban J connectivity index is 3.23. The van der Waals surface area contributed by atoms with Gasteiger partial charge in [0.2, 0.25) is 0 Å². The van der Waals surface area contributed by atoms with Crippen LogP contribution in [0.25, 0.3) is 0 Å². The summed E-state index contributed by atoms with van der Waals surface area (Å²) in [6.45, 7) is 4.74. The number of benzene rings is 1. The van der Waals surface area contributed by atoms with E-state index in [1.165, 1.54) is 0 Å². The van der Waals surface area contributed by atoms with Crippen molar-refractivity contribution in [3.05, 3.63) is 42.3 Å². The van der Waals surface area contributed by atoms with Crippen LogP contribution in [-0.4, -0.2) is 5.78 Å². The van der Waals surface area contributed by atoms with Gasteiger partial charge in [-0.15, -0.1) is 0 Å². The summed E-state index contributed by atoms with van der Waals surface area (Å²) < 4.78 is 24.9. The monoisotopic (exact) mass is 154 g/mol. The van der Waals surface area contributed by atoms with Gasteiger partial charge in [-0.2, -0.15) is 0 Å². The van der Waals surface area contributed by atoms with E-state index in [0.29, 0.717) is 0 Å². The molecule has 0 saturated heterocycles. The fourth-order valence-electron chi connectivity index (χ4n) is 0.686. The maximum atomic E-state index is 12.6. The topological polar surface area (TPSA) is 17.1 Å². The van der Waals surface area contributed by atoms with Gasteiger partial charge in [0.25, 0.3) is 0 Å². The molecule has 56 valence electrons. The Kier molecular flexibility index (Phi) is 1.98. The van der Waals surface area contributed by atoms with E-state index < -0.39 is 23.0 Å². The SMILES string of the molecule is [CH]C(=O)c1cc(F)ccc1F. The van der Waals surface area contributed by atoms with Crippen LogP contribution in [0.2, 0.25) is 0 Å². The Labute approximate surface area is 62.7 Å². The molecule has 1 aromatic rings. The Bertz CT molecular complexity index is 294. The number of halogens is 2. The highest BCUT2D eigenvalue weighted by Gasteiger charge is 2.07. The molecule has 0 aromatic heterocycles. The van der Waals surface area contributed by atoms with Gasteiger partial charge in [0.1, 0.15) is 11.6 Å². The summed E-state index contributed by atoms with van der Waals surface area (Å²) in [6, 6.07) is 2.54. The number of hydrogen-bond donors (Lipinski definition) is 0. The average Bonchev–Trinajstić information content (AvgIpc) is 1.94. The van der Waals surface area contributed by atoms with Gasteiger partial charge >= 0.3 is 0 Å². The molecule has 0 atom stereocenters.